The standard InChI is InChI=1S/C44H76N5O15P.C4H10.5CH4.5H2/c1-6-25-58-31-33-60-28-22-46-40(51)15-18-44(19-16-41(52)47-23-29-61-34-32-59-26-7-2,20-17-42(53)48-24-30-62-35-36-63-37-38(3)4)49-43(54)14-12-13-39(50)45-21-10-8-9-11-27-64-65(55,56)57-5;1-3-4-2;;;;;;;;;;/h1-2H,3,8-37H2,4-5H3,(H,45,50)(H,46,51)(H,47,52)(H,48,53)(H,49,54)(H,55,56);3-4H2,1-2H3;5*1H4;5*1H. The molecule has 0 bridgehead atoms. The number of unbranched alkanes of at least 4 members (excludes halogenated alkanes) is 4. The van der Waals surface area contributed by atoms with Crippen molar-refractivity contribution in [1.29, 1.82) is 0 Å². The van der Waals surface area contributed by atoms with Crippen LogP contribution in [0.4, 0.5) is 0 Å². The van der Waals surface area contributed by atoms with Gasteiger partial charge in [0.1, 0.15) is 13.2 Å². The lowest BCUT2D eigenvalue weighted by molar-refractivity contribution is -0.128. The van der Waals surface area contributed by atoms with Crippen molar-refractivity contribution >= 4 is 37.4 Å². The summed E-state index contributed by atoms with van der Waals surface area (Å²) in [6.45, 7) is 14.6. The Morgan fingerprint density at radius 1 is 0.541 bits per heavy atom. The number of phosphoric ester groups is 1. The van der Waals surface area contributed by atoms with Gasteiger partial charge in [-0.25, -0.2) is 4.57 Å². The fourth-order valence-corrected chi connectivity index (χ4v) is 6.20. The van der Waals surface area contributed by atoms with Crippen molar-refractivity contribution in [1.82, 2.24) is 26.6 Å². The summed E-state index contributed by atoms with van der Waals surface area (Å²) in [5.74, 6) is 3.17. The number of rotatable bonds is 46. The molecule has 74 heavy (non-hydrogen) atoms. The van der Waals surface area contributed by atoms with Gasteiger partial charge >= 0.3 is 7.82 Å². The molecule has 0 aromatic heterocycles. The molecule has 0 aliphatic carbocycles. The van der Waals surface area contributed by atoms with Crippen LogP contribution in [-0.4, -0.2) is 159 Å². The molecule has 0 aromatic carbocycles. The molecule has 20 nitrogen and oxygen atoms in total. The molecule has 0 aliphatic rings. The molecule has 0 aliphatic heterocycles. The lowest BCUT2D eigenvalue weighted by atomic mass is 9.82. The van der Waals surface area contributed by atoms with Gasteiger partial charge < -0.3 is 59.9 Å². The van der Waals surface area contributed by atoms with Crippen LogP contribution in [0.25, 0.3) is 0 Å². The van der Waals surface area contributed by atoms with Crippen LogP contribution in [0.3, 0.4) is 0 Å². The van der Waals surface area contributed by atoms with Crippen LogP contribution in [0.2, 0.25) is 0 Å². The van der Waals surface area contributed by atoms with Crippen molar-refractivity contribution in [3.63, 3.8) is 0 Å². The van der Waals surface area contributed by atoms with E-state index in [9.17, 15) is 33.4 Å². The normalized spacial score (nSPS) is 11.0. The second-order valence-electron chi connectivity index (χ2n) is 15.8. The third kappa shape index (κ3) is 59.0. The molecule has 5 amide bonds. The number of phosphoric acid groups is 1. The third-order valence-corrected chi connectivity index (χ3v) is 10.6. The first-order valence-corrected chi connectivity index (χ1v) is 25.6. The van der Waals surface area contributed by atoms with Crippen LogP contribution in [0.1, 0.15) is 161 Å². The molecule has 0 aromatic rings. The van der Waals surface area contributed by atoms with Crippen LogP contribution < -0.4 is 26.6 Å². The first-order valence-electron chi connectivity index (χ1n) is 24.1. The fourth-order valence-electron chi connectivity index (χ4n) is 5.74. The van der Waals surface area contributed by atoms with Crippen molar-refractivity contribution in [2.24, 2.45) is 0 Å². The Morgan fingerprint density at radius 2 is 0.919 bits per heavy atom. The SMILES string of the molecule is C.C.C.C.C.C#CCOCCOCCNC(=O)CCC(CCC(=O)NCCOCCOCC#C)(CCC(=O)NCCOCCOCC(=C)C)NC(=O)CCCC(=O)NCCCCCCOP(=O)(O)OC.CCCC.[HH].[HH].[HH].[HH].[HH]. The molecule has 0 saturated carbocycles. The highest BCUT2D eigenvalue weighted by Crippen LogP contribution is 2.42. The predicted molar refractivity (Wildman–Crippen MR) is 308 cm³/mol. The van der Waals surface area contributed by atoms with Gasteiger partial charge in [-0.05, 0) is 45.4 Å². The summed E-state index contributed by atoms with van der Waals surface area (Å²) in [6, 6.07) is 0. The van der Waals surface area contributed by atoms with Gasteiger partial charge in [0.25, 0.3) is 0 Å². The van der Waals surface area contributed by atoms with Crippen LogP contribution in [0.5, 0.6) is 0 Å². The molecule has 0 heterocycles. The number of hydrogen-bond donors (Lipinski definition) is 6. The molecule has 0 rings (SSSR count). The molecule has 448 valence electrons. The number of ether oxygens (including phenoxy) is 6. The van der Waals surface area contributed by atoms with Crippen molar-refractivity contribution in [3.05, 3.63) is 12.2 Å². The lowest BCUT2D eigenvalue weighted by Gasteiger charge is -2.35. The first-order chi connectivity index (χ1) is 33.2. The van der Waals surface area contributed by atoms with E-state index >= 15 is 0 Å². The Kier molecular flexibility index (Phi) is 68.1. The molecule has 1 atom stereocenters. The van der Waals surface area contributed by atoms with Crippen LogP contribution >= 0.6 is 7.82 Å². The Balaban J connectivity index is -0.000000309. The van der Waals surface area contributed by atoms with E-state index in [1.165, 1.54) is 12.8 Å². The molecule has 1 unspecified atom stereocenters. The fraction of sp³-hybridized carbons (Fsp3) is 0.792. The highest BCUT2D eigenvalue weighted by Gasteiger charge is 2.33. The summed E-state index contributed by atoms with van der Waals surface area (Å²) >= 11 is 0. The maximum absolute atomic E-state index is 13.6. The van der Waals surface area contributed by atoms with Crippen LogP contribution in [0, 0.1) is 24.7 Å². The summed E-state index contributed by atoms with van der Waals surface area (Å²) in [6.07, 6.45) is 16.2. The van der Waals surface area contributed by atoms with E-state index in [1.807, 2.05) is 6.92 Å². The average molecular weight is 1090 g/mol. The summed E-state index contributed by atoms with van der Waals surface area (Å²) in [7, 11) is -2.90. The van der Waals surface area contributed by atoms with Gasteiger partial charge in [-0.3, -0.25) is 33.0 Å². The minimum Gasteiger partial charge on any atom is -0.377 e. The molecule has 0 radical (unpaired) electrons. The average Bonchev–Trinajstić information content (AvgIpc) is 3.32. The zero-order valence-corrected chi connectivity index (χ0v) is 43.0. The predicted octanol–water partition coefficient (Wildman–Crippen LogP) is 8.30. The summed E-state index contributed by atoms with van der Waals surface area (Å²) in [5, 5.41) is 14.3. The minimum atomic E-state index is -3.99. The number of hydrogen-bond acceptors (Lipinski definition) is 14. The number of carbonyl (C=O) groups excluding carboxylic acids is 5. The van der Waals surface area contributed by atoms with Gasteiger partial charge in [0.05, 0.1) is 72.7 Å². The molecule has 0 spiro atoms. The van der Waals surface area contributed by atoms with Crippen molar-refractivity contribution in [3.8, 4) is 24.7 Å². The van der Waals surface area contributed by atoms with Gasteiger partial charge in [0.15, 0.2) is 0 Å². The number of terminal acetylenes is 2. The highest BCUT2D eigenvalue weighted by atomic mass is 31.2. The van der Waals surface area contributed by atoms with E-state index in [4.69, 9.17) is 45.8 Å². The van der Waals surface area contributed by atoms with Gasteiger partial charge in [-0.15, -0.1) is 12.8 Å². The number of nitrogens with one attached hydrogen (secondary N) is 5. The molecule has 0 fully saturated rings. The van der Waals surface area contributed by atoms with E-state index in [1.54, 1.807) is 0 Å². The summed E-state index contributed by atoms with van der Waals surface area (Å²) in [4.78, 5) is 74.6. The maximum atomic E-state index is 13.6. The van der Waals surface area contributed by atoms with Gasteiger partial charge in [0.2, 0.25) is 29.5 Å². The highest BCUT2D eigenvalue weighted by molar-refractivity contribution is 7.47. The number of carbonyl (C=O) groups is 5. The molecular weight excluding hydrogens is 978 g/mol. The van der Waals surface area contributed by atoms with Crippen molar-refractivity contribution in [2.75, 3.05) is 119 Å². The summed E-state index contributed by atoms with van der Waals surface area (Å²) in [5.41, 5.74) is -0.255. The zero-order valence-electron chi connectivity index (χ0n) is 42.1. The monoisotopic (exact) mass is 1090 g/mol. The van der Waals surface area contributed by atoms with E-state index in [0.29, 0.717) is 65.6 Å². The van der Waals surface area contributed by atoms with Crippen molar-refractivity contribution < 1.29 is 78.0 Å². The second-order valence-corrected chi connectivity index (χ2v) is 17.4. The maximum Gasteiger partial charge on any atom is 0.471 e. The topological polar surface area (TPSA) is 257 Å². The van der Waals surface area contributed by atoms with E-state index in [2.05, 4.69) is 63.4 Å². The molecule has 0 saturated heterocycles. The van der Waals surface area contributed by atoms with Crippen molar-refractivity contribution in [2.45, 2.75) is 160 Å². The Labute approximate surface area is 456 Å². The lowest BCUT2D eigenvalue weighted by Crippen LogP contribution is -2.50. The Bertz CT molecular complexity index is 1490. The van der Waals surface area contributed by atoms with E-state index < -0.39 is 19.3 Å². The van der Waals surface area contributed by atoms with Crippen LogP contribution in [-0.2, 0) is 66.0 Å². The Morgan fingerprint density at radius 3 is 1.32 bits per heavy atom. The minimum absolute atomic E-state index is 0. The Hall–Kier alpha value is -3.92. The quantitative estimate of drug-likeness (QED) is 0.0145. The molecule has 21 heteroatoms. The smallest absolute Gasteiger partial charge is 0.377 e. The molecule has 6 N–H and O–H groups in total. The van der Waals surface area contributed by atoms with Gasteiger partial charge in [0, 0.05) is 78.1 Å². The largest absolute Gasteiger partial charge is 0.471 e. The van der Waals surface area contributed by atoms with E-state index in [0.717, 1.165) is 25.5 Å². The number of amides is 5. The third-order valence-electron chi connectivity index (χ3n) is 9.62. The van der Waals surface area contributed by atoms with E-state index in [-0.39, 0.29) is 185 Å². The van der Waals surface area contributed by atoms with Gasteiger partial charge in [-0.1, -0.05) is 101 Å². The second kappa shape index (κ2) is 60.0. The van der Waals surface area contributed by atoms with Crippen LogP contribution in [0.15, 0.2) is 12.2 Å². The zero-order chi connectivity index (χ0) is 51.7. The first kappa shape index (κ1) is 84.0. The van der Waals surface area contributed by atoms with Gasteiger partial charge in [-0.2, -0.15) is 0 Å². The molecular formula is C53H116N5O15P. The summed E-state index contributed by atoms with van der Waals surface area (Å²) < 4.78 is 52.7.